The molecule has 0 aromatic heterocycles. The molecule has 120 valence electrons. The van der Waals surface area contributed by atoms with Gasteiger partial charge in [-0.15, -0.1) is 0 Å². The molecule has 0 aromatic carbocycles. The van der Waals surface area contributed by atoms with E-state index in [0.29, 0.717) is 29.3 Å². The van der Waals surface area contributed by atoms with E-state index in [1.807, 2.05) is 12.2 Å². The van der Waals surface area contributed by atoms with Crippen LogP contribution in [0, 0.1) is 28.6 Å². The molecule has 2 N–H and O–H groups in total. The fourth-order valence-electron chi connectivity index (χ4n) is 6.26. The lowest BCUT2D eigenvalue weighted by atomic mass is 9.47. The third-order valence-corrected chi connectivity index (χ3v) is 7.52. The van der Waals surface area contributed by atoms with E-state index in [1.54, 1.807) is 0 Å². The molecule has 0 radical (unpaired) electrons. The van der Waals surface area contributed by atoms with E-state index >= 15 is 0 Å². The molecule has 0 heterocycles. The second-order valence-corrected chi connectivity index (χ2v) is 8.15. The lowest BCUT2D eigenvalue weighted by molar-refractivity contribution is -0.133. The molecule has 0 saturated heterocycles. The fourth-order valence-corrected chi connectivity index (χ4v) is 6.26. The van der Waals surface area contributed by atoms with E-state index in [-0.39, 0.29) is 17.4 Å². The minimum atomic E-state index is -0.178. The van der Waals surface area contributed by atoms with Gasteiger partial charge in [0, 0.05) is 17.3 Å². The average molecular weight is 302 g/mol. The van der Waals surface area contributed by atoms with Gasteiger partial charge in [-0.05, 0) is 68.4 Å². The van der Waals surface area contributed by atoms with Gasteiger partial charge in [0.05, 0.1) is 6.61 Å². The molecule has 0 bridgehead atoms. The lowest BCUT2D eigenvalue weighted by Gasteiger charge is -2.57. The second kappa shape index (κ2) is 4.70. The fraction of sp³-hybridized carbons (Fsp3) is 0.737. The summed E-state index contributed by atoms with van der Waals surface area (Å²) in [4.78, 5) is 12.4. The number of aliphatic hydroxyl groups is 2. The number of fused-ring (bicyclic) bond motifs is 5. The van der Waals surface area contributed by atoms with Crippen molar-refractivity contribution in [3.05, 3.63) is 23.5 Å². The number of carbonyl (C=O) groups is 1. The molecular formula is C19H26O3. The molecule has 4 rings (SSSR count). The first-order valence-corrected chi connectivity index (χ1v) is 8.75. The highest BCUT2D eigenvalue weighted by Gasteiger charge is 2.59. The van der Waals surface area contributed by atoms with Crippen LogP contribution in [0.1, 0.15) is 51.9 Å². The summed E-state index contributed by atoms with van der Waals surface area (Å²) in [5.41, 5.74) is 0.956. The SMILES string of the molecule is C[C@]12CC[C@H]3[C@@H](CCC4=CC(O)=CC[C@@]43CO)[C@@H]1CCC2=O. The first kappa shape index (κ1) is 14.5. The van der Waals surface area contributed by atoms with Crippen LogP contribution in [0.2, 0.25) is 0 Å². The number of carbonyl (C=O) groups excluding carboxylic acids is 1. The van der Waals surface area contributed by atoms with E-state index in [1.165, 1.54) is 5.57 Å². The molecule has 0 spiro atoms. The Kier molecular flexibility index (Phi) is 3.10. The maximum atomic E-state index is 12.4. The van der Waals surface area contributed by atoms with Crippen LogP contribution in [-0.4, -0.2) is 22.6 Å². The second-order valence-electron chi connectivity index (χ2n) is 8.15. The molecule has 0 aromatic rings. The topological polar surface area (TPSA) is 57.5 Å². The van der Waals surface area contributed by atoms with Crippen molar-refractivity contribution in [3.8, 4) is 0 Å². The molecule has 4 aliphatic carbocycles. The number of rotatable bonds is 1. The average Bonchev–Trinajstić information content (AvgIpc) is 2.82. The van der Waals surface area contributed by atoms with Crippen LogP contribution < -0.4 is 0 Å². The maximum Gasteiger partial charge on any atom is 0.139 e. The molecule has 3 nitrogen and oxygen atoms in total. The Bertz CT molecular complexity index is 575. The predicted octanol–water partition coefficient (Wildman–Crippen LogP) is 3.54. The van der Waals surface area contributed by atoms with Gasteiger partial charge < -0.3 is 10.2 Å². The van der Waals surface area contributed by atoms with Crippen LogP contribution in [0.15, 0.2) is 23.5 Å². The van der Waals surface area contributed by atoms with E-state index in [9.17, 15) is 15.0 Å². The Balaban J connectivity index is 1.72. The Morgan fingerprint density at radius 2 is 2.05 bits per heavy atom. The van der Waals surface area contributed by atoms with Gasteiger partial charge in [0.15, 0.2) is 0 Å². The van der Waals surface area contributed by atoms with E-state index in [2.05, 4.69) is 6.92 Å². The van der Waals surface area contributed by atoms with Crippen molar-refractivity contribution >= 4 is 5.78 Å². The molecule has 3 heteroatoms. The van der Waals surface area contributed by atoms with Crippen LogP contribution in [0.25, 0.3) is 0 Å². The van der Waals surface area contributed by atoms with Gasteiger partial charge in [-0.25, -0.2) is 0 Å². The first-order valence-electron chi connectivity index (χ1n) is 8.75. The van der Waals surface area contributed by atoms with E-state index < -0.39 is 0 Å². The Morgan fingerprint density at radius 1 is 1.23 bits per heavy atom. The third-order valence-electron chi connectivity index (χ3n) is 7.52. The number of allylic oxidation sites excluding steroid dienone is 2. The highest BCUT2D eigenvalue weighted by atomic mass is 16.3. The largest absolute Gasteiger partial charge is 0.508 e. The summed E-state index contributed by atoms with van der Waals surface area (Å²) in [5.74, 6) is 2.35. The summed E-state index contributed by atoms with van der Waals surface area (Å²) in [6, 6.07) is 0. The molecular weight excluding hydrogens is 276 g/mol. The van der Waals surface area contributed by atoms with Crippen molar-refractivity contribution in [2.24, 2.45) is 28.6 Å². The summed E-state index contributed by atoms with van der Waals surface area (Å²) in [5, 5.41) is 20.1. The molecule has 5 atom stereocenters. The van der Waals surface area contributed by atoms with E-state index in [4.69, 9.17) is 0 Å². The van der Waals surface area contributed by atoms with Gasteiger partial charge in [-0.3, -0.25) is 4.79 Å². The molecule has 4 aliphatic rings. The molecule has 3 saturated carbocycles. The minimum absolute atomic E-state index is 0.105. The van der Waals surface area contributed by atoms with Crippen molar-refractivity contribution in [3.63, 3.8) is 0 Å². The molecule has 0 amide bonds. The Labute approximate surface area is 132 Å². The monoisotopic (exact) mass is 302 g/mol. The van der Waals surface area contributed by atoms with Gasteiger partial charge in [0.2, 0.25) is 0 Å². The zero-order chi connectivity index (χ0) is 15.5. The standard InChI is InChI=1S/C19H26O3/c1-18-8-7-16-14(15(18)4-5-17(18)22)3-2-12-10-13(21)6-9-19(12,16)11-20/h6,10,14-16,20-21H,2-5,7-9,11H2,1H3/t14-,15-,16-,18-,19+/m0/s1. The summed E-state index contributed by atoms with van der Waals surface area (Å²) in [6.07, 6.45) is 10.4. The zero-order valence-corrected chi connectivity index (χ0v) is 13.3. The van der Waals surface area contributed by atoms with Crippen molar-refractivity contribution < 1.29 is 15.0 Å². The van der Waals surface area contributed by atoms with Crippen molar-refractivity contribution in [1.82, 2.24) is 0 Å². The summed E-state index contributed by atoms with van der Waals surface area (Å²) in [7, 11) is 0. The van der Waals surface area contributed by atoms with Crippen molar-refractivity contribution in [1.29, 1.82) is 0 Å². The van der Waals surface area contributed by atoms with Gasteiger partial charge in [0.25, 0.3) is 0 Å². The van der Waals surface area contributed by atoms with Gasteiger partial charge in [-0.1, -0.05) is 12.5 Å². The summed E-state index contributed by atoms with van der Waals surface area (Å²) < 4.78 is 0. The van der Waals surface area contributed by atoms with Crippen molar-refractivity contribution in [2.75, 3.05) is 6.61 Å². The lowest BCUT2D eigenvalue weighted by Crippen LogP contribution is -2.52. The highest BCUT2D eigenvalue weighted by Crippen LogP contribution is 2.64. The van der Waals surface area contributed by atoms with Crippen molar-refractivity contribution in [2.45, 2.75) is 51.9 Å². The third kappa shape index (κ3) is 1.69. The predicted molar refractivity (Wildman–Crippen MR) is 84.2 cm³/mol. The molecule has 22 heavy (non-hydrogen) atoms. The van der Waals surface area contributed by atoms with Crippen LogP contribution in [0.4, 0.5) is 0 Å². The Hall–Kier alpha value is -1.09. The van der Waals surface area contributed by atoms with Crippen LogP contribution >= 0.6 is 0 Å². The van der Waals surface area contributed by atoms with Crippen LogP contribution in [0.3, 0.4) is 0 Å². The number of aliphatic hydroxyl groups excluding tert-OH is 2. The number of hydrogen-bond donors (Lipinski definition) is 2. The van der Waals surface area contributed by atoms with Crippen LogP contribution in [0.5, 0.6) is 0 Å². The van der Waals surface area contributed by atoms with Gasteiger partial charge >= 0.3 is 0 Å². The van der Waals surface area contributed by atoms with Gasteiger partial charge in [-0.2, -0.15) is 0 Å². The number of Topliss-reactive ketones (excluding diaryl/α,β-unsaturated/α-hetero) is 1. The van der Waals surface area contributed by atoms with Gasteiger partial charge in [0.1, 0.15) is 11.5 Å². The summed E-state index contributed by atoms with van der Waals surface area (Å²) in [6.45, 7) is 2.36. The van der Waals surface area contributed by atoms with Crippen LogP contribution in [-0.2, 0) is 4.79 Å². The smallest absolute Gasteiger partial charge is 0.139 e. The normalized spacial score (nSPS) is 47.2. The molecule has 0 unspecified atom stereocenters. The maximum absolute atomic E-state index is 12.4. The highest BCUT2D eigenvalue weighted by molar-refractivity contribution is 5.87. The minimum Gasteiger partial charge on any atom is -0.508 e. The Morgan fingerprint density at radius 3 is 2.82 bits per heavy atom. The number of hydrogen-bond acceptors (Lipinski definition) is 3. The molecule has 3 fully saturated rings. The first-order chi connectivity index (χ1) is 10.5. The van der Waals surface area contributed by atoms with E-state index in [0.717, 1.165) is 44.9 Å². The summed E-state index contributed by atoms with van der Waals surface area (Å²) >= 11 is 0. The quantitative estimate of drug-likeness (QED) is 0.779. The number of ketones is 1. The zero-order valence-electron chi connectivity index (χ0n) is 13.3. The molecule has 0 aliphatic heterocycles.